The number of rotatable bonds is 3. The van der Waals surface area contributed by atoms with Gasteiger partial charge in [0.15, 0.2) is 0 Å². The third-order valence-electron chi connectivity index (χ3n) is 2.99. The molecule has 1 unspecified atom stereocenters. The molecule has 0 bridgehead atoms. The maximum atomic E-state index is 13.5. The highest BCUT2D eigenvalue weighted by Gasteiger charge is 2.15. The lowest BCUT2D eigenvalue weighted by atomic mass is 9.99. The molecule has 0 radical (unpaired) electrons. The molecule has 19 heavy (non-hydrogen) atoms. The zero-order valence-corrected chi connectivity index (χ0v) is 11.0. The molecule has 0 spiro atoms. The van der Waals surface area contributed by atoms with E-state index in [0.717, 1.165) is 11.6 Å². The van der Waals surface area contributed by atoms with Gasteiger partial charge in [0.1, 0.15) is 17.5 Å². The van der Waals surface area contributed by atoms with Crippen LogP contribution in [0.2, 0.25) is 0 Å². The Morgan fingerprint density at radius 2 is 1.63 bits per heavy atom. The average molecular weight is 285 g/mol. The van der Waals surface area contributed by atoms with Crippen molar-refractivity contribution in [3.63, 3.8) is 0 Å². The van der Waals surface area contributed by atoms with E-state index in [1.54, 1.807) is 6.07 Å². The van der Waals surface area contributed by atoms with E-state index in [1.165, 1.54) is 24.3 Å². The van der Waals surface area contributed by atoms with E-state index in [-0.39, 0.29) is 12.2 Å². The van der Waals surface area contributed by atoms with Gasteiger partial charge in [0.25, 0.3) is 0 Å². The highest BCUT2D eigenvalue weighted by atomic mass is 35.5. The van der Waals surface area contributed by atoms with Crippen molar-refractivity contribution in [2.45, 2.75) is 18.7 Å². The predicted molar refractivity (Wildman–Crippen MR) is 69.8 cm³/mol. The van der Waals surface area contributed by atoms with Gasteiger partial charge in [-0.05, 0) is 48.2 Å². The Morgan fingerprint density at radius 3 is 2.32 bits per heavy atom. The molecule has 0 aliphatic rings. The molecule has 4 heteroatoms. The van der Waals surface area contributed by atoms with Gasteiger partial charge < -0.3 is 0 Å². The second-order valence-corrected chi connectivity index (χ2v) is 4.94. The first-order valence-electron chi connectivity index (χ1n) is 5.81. The summed E-state index contributed by atoms with van der Waals surface area (Å²) in [5.74, 6) is -1.65. The van der Waals surface area contributed by atoms with Crippen LogP contribution in [-0.4, -0.2) is 0 Å². The zero-order valence-electron chi connectivity index (χ0n) is 10.3. The summed E-state index contributed by atoms with van der Waals surface area (Å²) >= 11 is 6.20. The minimum absolute atomic E-state index is 0.179. The molecule has 0 fully saturated rings. The van der Waals surface area contributed by atoms with Crippen LogP contribution in [0.5, 0.6) is 0 Å². The summed E-state index contributed by atoms with van der Waals surface area (Å²) in [4.78, 5) is 0. The number of benzene rings is 2. The Balaban J connectivity index is 2.25. The van der Waals surface area contributed by atoms with Crippen molar-refractivity contribution >= 4 is 11.6 Å². The first-order valence-corrected chi connectivity index (χ1v) is 6.25. The van der Waals surface area contributed by atoms with Crippen LogP contribution in [0.25, 0.3) is 0 Å². The van der Waals surface area contributed by atoms with Gasteiger partial charge >= 0.3 is 0 Å². The quantitative estimate of drug-likeness (QED) is 0.701. The third-order valence-corrected chi connectivity index (χ3v) is 3.38. The van der Waals surface area contributed by atoms with Crippen LogP contribution < -0.4 is 0 Å². The van der Waals surface area contributed by atoms with Crippen LogP contribution in [0.1, 0.15) is 22.1 Å². The van der Waals surface area contributed by atoms with Crippen molar-refractivity contribution in [1.82, 2.24) is 0 Å². The van der Waals surface area contributed by atoms with E-state index in [2.05, 4.69) is 0 Å². The molecular formula is C15H12ClF3. The molecule has 0 saturated heterocycles. The number of halogens is 4. The van der Waals surface area contributed by atoms with Gasteiger partial charge in [0.2, 0.25) is 0 Å². The van der Waals surface area contributed by atoms with Crippen LogP contribution in [0.4, 0.5) is 13.2 Å². The second kappa shape index (κ2) is 5.66. The van der Waals surface area contributed by atoms with E-state index in [4.69, 9.17) is 11.6 Å². The van der Waals surface area contributed by atoms with Gasteiger partial charge in [-0.15, -0.1) is 11.6 Å². The van der Waals surface area contributed by atoms with E-state index in [9.17, 15) is 13.2 Å². The smallest absolute Gasteiger partial charge is 0.129 e. The van der Waals surface area contributed by atoms with Crippen molar-refractivity contribution in [3.8, 4) is 0 Å². The molecule has 0 heterocycles. The Labute approximate surface area is 114 Å². The lowest BCUT2D eigenvalue weighted by molar-refractivity contribution is 0.570. The van der Waals surface area contributed by atoms with E-state index in [1.807, 2.05) is 6.92 Å². The fraction of sp³-hybridized carbons (Fsp3) is 0.200. The molecule has 0 aliphatic carbocycles. The fourth-order valence-corrected chi connectivity index (χ4v) is 2.34. The van der Waals surface area contributed by atoms with E-state index in [0.29, 0.717) is 11.1 Å². The zero-order chi connectivity index (χ0) is 14.0. The monoisotopic (exact) mass is 284 g/mol. The molecule has 0 nitrogen and oxygen atoms in total. The predicted octanol–water partition coefficient (Wildman–Crippen LogP) is 4.93. The lowest BCUT2D eigenvalue weighted by Crippen LogP contribution is -2.01. The fourth-order valence-electron chi connectivity index (χ4n) is 1.94. The van der Waals surface area contributed by atoms with Crippen LogP contribution >= 0.6 is 11.6 Å². The normalized spacial score (nSPS) is 12.5. The lowest BCUT2D eigenvalue weighted by Gasteiger charge is -2.13. The van der Waals surface area contributed by atoms with Crippen molar-refractivity contribution < 1.29 is 13.2 Å². The second-order valence-electron chi connectivity index (χ2n) is 4.41. The first-order chi connectivity index (χ1) is 8.97. The number of hydrogen-bond donors (Lipinski definition) is 0. The minimum Gasteiger partial charge on any atom is -0.207 e. The number of alkyl halides is 1. The number of aryl methyl sites for hydroxylation is 1. The van der Waals surface area contributed by atoms with Crippen molar-refractivity contribution in [3.05, 3.63) is 70.5 Å². The van der Waals surface area contributed by atoms with Gasteiger partial charge in [0, 0.05) is 6.07 Å². The van der Waals surface area contributed by atoms with E-state index < -0.39 is 17.0 Å². The van der Waals surface area contributed by atoms with Gasteiger partial charge in [-0.3, -0.25) is 0 Å². The van der Waals surface area contributed by atoms with Gasteiger partial charge in [-0.2, -0.15) is 0 Å². The molecule has 0 amide bonds. The van der Waals surface area contributed by atoms with Gasteiger partial charge in [0.05, 0.1) is 5.38 Å². The Hall–Kier alpha value is -1.48. The number of hydrogen-bond acceptors (Lipinski definition) is 0. The standard InChI is InChI=1S/C15H12ClF3/c1-9-2-4-11(17)7-13(9)14(16)6-10-3-5-12(18)8-15(10)19/h2-5,7-8,14H,6H2,1H3. The Bertz CT molecular complexity index is 596. The molecular weight excluding hydrogens is 273 g/mol. The molecule has 0 saturated carbocycles. The largest absolute Gasteiger partial charge is 0.207 e. The summed E-state index contributed by atoms with van der Waals surface area (Å²) in [5, 5.41) is -0.560. The minimum atomic E-state index is -0.639. The van der Waals surface area contributed by atoms with Crippen molar-refractivity contribution in [1.29, 1.82) is 0 Å². The summed E-state index contributed by atoms with van der Waals surface area (Å²) in [5.41, 5.74) is 1.76. The summed E-state index contributed by atoms with van der Waals surface area (Å²) < 4.78 is 39.5. The van der Waals surface area contributed by atoms with Crippen molar-refractivity contribution in [2.75, 3.05) is 0 Å². The highest BCUT2D eigenvalue weighted by Crippen LogP contribution is 2.29. The molecule has 2 rings (SSSR count). The van der Waals surface area contributed by atoms with Gasteiger partial charge in [-0.25, -0.2) is 13.2 Å². The van der Waals surface area contributed by atoms with E-state index >= 15 is 0 Å². The van der Waals surface area contributed by atoms with Crippen molar-refractivity contribution in [2.24, 2.45) is 0 Å². The molecule has 0 aromatic heterocycles. The Morgan fingerprint density at radius 1 is 1.00 bits per heavy atom. The highest BCUT2D eigenvalue weighted by molar-refractivity contribution is 6.21. The van der Waals surface area contributed by atoms with Gasteiger partial charge in [-0.1, -0.05) is 12.1 Å². The summed E-state index contributed by atoms with van der Waals surface area (Å²) in [6.45, 7) is 1.81. The van der Waals surface area contributed by atoms with Crippen LogP contribution in [-0.2, 0) is 6.42 Å². The molecule has 0 aliphatic heterocycles. The third kappa shape index (κ3) is 3.29. The molecule has 0 N–H and O–H groups in total. The average Bonchev–Trinajstić information content (AvgIpc) is 2.35. The summed E-state index contributed by atoms with van der Waals surface area (Å²) in [6.07, 6.45) is 0.179. The maximum Gasteiger partial charge on any atom is 0.129 e. The first kappa shape index (κ1) is 13.9. The van der Waals surface area contributed by atoms with Crippen LogP contribution in [0, 0.1) is 24.4 Å². The SMILES string of the molecule is Cc1ccc(F)cc1C(Cl)Cc1ccc(F)cc1F. The summed E-state index contributed by atoms with van der Waals surface area (Å²) in [7, 11) is 0. The molecule has 2 aromatic rings. The molecule has 100 valence electrons. The van der Waals surface area contributed by atoms with Crippen LogP contribution in [0.15, 0.2) is 36.4 Å². The summed E-state index contributed by atoms with van der Waals surface area (Å²) in [6, 6.07) is 7.67. The topological polar surface area (TPSA) is 0 Å². The maximum absolute atomic E-state index is 13.5. The van der Waals surface area contributed by atoms with Crippen LogP contribution in [0.3, 0.4) is 0 Å². The molecule has 2 aromatic carbocycles. The Kier molecular flexibility index (Phi) is 4.15. The molecule has 1 atom stereocenters.